The Kier molecular flexibility index (Phi) is 5.05. The van der Waals surface area contributed by atoms with Crippen molar-refractivity contribution in [3.8, 4) is 0 Å². The Morgan fingerprint density at radius 3 is 2.71 bits per heavy atom. The smallest absolute Gasteiger partial charge is 0.253 e. The lowest BCUT2D eigenvalue weighted by Crippen LogP contribution is -2.37. The van der Waals surface area contributed by atoms with Crippen LogP contribution in [0.2, 0.25) is 0 Å². The van der Waals surface area contributed by atoms with Crippen LogP contribution in [-0.2, 0) is 6.54 Å². The molecule has 4 rings (SSSR count). The fraction of sp³-hybridized carbons (Fsp3) is 0.318. The van der Waals surface area contributed by atoms with Crippen LogP contribution < -0.4 is 5.32 Å². The van der Waals surface area contributed by atoms with E-state index in [1.807, 2.05) is 32.0 Å². The molecule has 2 heterocycles. The number of nitrogens with one attached hydrogen (secondary N) is 1. The molecule has 0 spiro atoms. The average Bonchev–Trinajstić information content (AvgIpc) is 3.10. The number of amides is 1. The van der Waals surface area contributed by atoms with Crippen LogP contribution in [0, 0.1) is 19.7 Å². The van der Waals surface area contributed by atoms with Crippen molar-refractivity contribution in [2.45, 2.75) is 32.9 Å². The van der Waals surface area contributed by atoms with Gasteiger partial charge in [-0.3, -0.25) is 9.69 Å². The van der Waals surface area contributed by atoms with E-state index >= 15 is 0 Å². The van der Waals surface area contributed by atoms with Gasteiger partial charge in [-0.2, -0.15) is 0 Å². The molecule has 0 radical (unpaired) electrons. The summed E-state index contributed by atoms with van der Waals surface area (Å²) in [6.45, 7) is 6.22. The quantitative estimate of drug-likeness (QED) is 0.756. The fourth-order valence-electron chi connectivity index (χ4n) is 3.67. The number of nitrogens with zero attached hydrogens (tertiary/aromatic N) is 3. The minimum absolute atomic E-state index is 0.0361. The second-order valence-corrected chi connectivity index (χ2v) is 7.40. The van der Waals surface area contributed by atoms with Gasteiger partial charge >= 0.3 is 0 Å². The number of aromatic nitrogens is 2. The molecule has 1 aliphatic rings. The van der Waals surface area contributed by atoms with Gasteiger partial charge in [0.15, 0.2) is 0 Å². The van der Waals surface area contributed by atoms with Gasteiger partial charge in [0.05, 0.1) is 22.5 Å². The van der Waals surface area contributed by atoms with E-state index in [0.717, 1.165) is 37.4 Å². The minimum Gasteiger partial charge on any atom is -0.348 e. The predicted octanol–water partition coefficient (Wildman–Crippen LogP) is 3.39. The molecule has 1 saturated heterocycles. The van der Waals surface area contributed by atoms with Gasteiger partial charge in [-0.15, -0.1) is 0 Å². The van der Waals surface area contributed by atoms with Crippen molar-refractivity contribution >= 4 is 16.9 Å². The van der Waals surface area contributed by atoms with E-state index in [-0.39, 0.29) is 17.5 Å². The van der Waals surface area contributed by atoms with Crippen molar-refractivity contribution in [2.24, 2.45) is 0 Å². The van der Waals surface area contributed by atoms with Crippen molar-refractivity contribution in [1.82, 2.24) is 20.2 Å². The molecule has 28 heavy (non-hydrogen) atoms. The molecule has 0 unspecified atom stereocenters. The Morgan fingerprint density at radius 1 is 1.18 bits per heavy atom. The highest BCUT2D eigenvalue weighted by molar-refractivity contribution is 6.04. The number of fused-ring (bicyclic) bond motifs is 1. The molecule has 3 aromatic rings. The number of benzene rings is 2. The van der Waals surface area contributed by atoms with Crippen molar-refractivity contribution in [3.05, 3.63) is 70.8 Å². The van der Waals surface area contributed by atoms with E-state index in [0.29, 0.717) is 11.0 Å². The van der Waals surface area contributed by atoms with E-state index in [9.17, 15) is 9.18 Å². The molecule has 1 aromatic heterocycles. The SMILES string of the molecule is Cc1nc2cc(F)cc(C(=O)N[C@H]3CCN(Cc4ccccc4)C3)c2nc1C. The maximum atomic E-state index is 14.1. The van der Waals surface area contributed by atoms with E-state index < -0.39 is 5.82 Å². The summed E-state index contributed by atoms with van der Waals surface area (Å²) in [6.07, 6.45) is 0.871. The number of likely N-dealkylation sites (tertiary alicyclic amines) is 1. The first-order valence-corrected chi connectivity index (χ1v) is 9.51. The average molecular weight is 378 g/mol. The number of halogens is 1. The Bertz CT molecular complexity index is 1020. The van der Waals surface area contributed by atoms with Crippen LogP contribution in [0.3, 0.4) is 0 Å². The van der Waals surface area contributed by atoms with Crippen LogP contribution in [0.4, 0.5) is 4.39 Å². The first kappa shape index (κ1) is 18.5. The lowest BCUT2D eigenvalue weighted by molar-refractivity contribution is 0.0938. The summed E-state index contributed by atoms with van der Waals surface area (Å²) < 4.78 is 14.1. The van der Waals surface area contributed by atoms with E-state index in [2.05, 4.69) is 32.3 Å². The number of rotatable bonds is 4. The molecular formula is C22H23FN4O. The topological polar surface area (TPSA) is 58.1 Å². The van der Waals surface area contributed by atoms with E-state index in [4.69, 9.17) is 0 Å². The summed E-state index contributed by atoms with van der Waals surface area (Å²) in [6, 6.07) is 12.9. The number of carbonyl (C=O) groups is 1. The van der Waals surface area contributed by atoms with Gasteiger partial charge in [0.25, 0.3) is 5.91 Å². The van der Waals surface area contributed by atoms with Crippen molar-refractivity contribution in [1.29, 1.82) is 0 Å². The summed E-state index contributed by atoms with van der Waals surface area (Å²) in [5, 5.41) is 3.05. The van der Waals surface area contributed by atoms with Gasteiger partial charge in [0.2, 0.25) is 0 Å². The van der Waals surface area contributed by atoms with Crippen molar-refractivity contribution in [2.75, 3.05) is 13.1 Å². The second-order valence-electron chi connectivity index (χ2n) is 7.40. The molecule has 2 aromatic carbocycles. The monoisotopic (exact) mass is 378 g/mol. The molecule has 0 saturated carbocycles. The largest absolute Gasteiger partial charge is 0.348 e. The molecule has 1 aliphatic heterocycles. The van der Waals surface area contributed by atoms with Crippen molar-refractivity contribution in [3.63, 3.8) is 0 Å². The van der Waals surface area contributed by atoms with E-state index in [1.165, 1.54) is 17.7 Å². The standard InChI is InChI=1S/C22H23FN4O/c1-14-15(2)25-21-19(10-17(23)11-20(21)24-14)22(28)26-18-8-9-27(13-18)12-16-6-4-3-5-7-16/h3-7,10-11,18H,8-9,12-13H2,1-2H3,(H,26,28)/t18-/m0/s1. The third-order valence-electron chi connectivity index (χ3n) is 5.25. The molecular weight excluding hydrogens is 355 g/mol. The molecule has 144 valence electrons. The molecule has 0 aliphatic carbocycles. The predicted molar refractivity (Wildman–Crippen MR) is 107 cm³/mol. The summed E-state index contributed by atoms with van der Waals surface area (Å²) in [5.74, 6) is -0.777. The van der Waals surface area contributed by atoms with Gasteiger partial charge in [-0.05, 0) is 31.9 Å². The highest BCUT2D eigenvalue weighted by atomic mass is 19.1. The van der Waals surface area contributed by atoms with Crippen LogP contribution in [0.1, 0.15) is 33.7 Å². The molecule has 1 fully saturated rings. The highest BCUT2D eigenvalue weighted by Gasteiger charge is 2.25. The first-order chi connectivity index (χ1) is 13.5. The van der Waals surface area contributed by atoms with Crippen LogP contribution >= 0.6 is 0 Å². The van der Waals surface area contributed by atoms with Crippen LogP contribution in [0.15, 0.2) is 42.5 Å². The highest BCUT2D eigenvalue weighted by Crippen LogP contribution is 2.20. The number of hydrogen-bond donors (Lipinski definition) is 1. The molecule has 6 heteroatoms. The number of hydrogen-bond acceptors (Lipinski definition) is 4. The van der Waals surface area contributed by atoms with Gasteiger partial charge in [0, 0.05) is 31.7 Å². The molecule has 0 bridgehead atoms. The zero-order chi connectivity index (χ0) is 19.7. The molecule has 5 nitrogen and oxygen atoms in total. The first-order valence-electron chi connectivity index (χ1n) is 9.51. The van der Waals surface area contributed by atoms with Gasteiger partial charge in [-0.25, -0.2) is 14.4 Å². The lowest BCUT2D eigenvalue weighted by Gasteiger charge is -2.17. The summed E-state index contributed by atoms with van der Waals surface area (Å²) in [4.78, 5) is 24.0. The maximum Gasteiger partial charge on any atom is 0.253 e. The van der Waals surface area contributed by atoms with Crippen LogP contribution in [0.25, 0.3) is 11.0 Å². The third-order valence-corrected chi connectivity index (χ3v) is 5.25. The third kappa shape index (κ3) is 3.87. The zero-order valence-corrected chi connectivity index (χ0v) is 16.1. The van der Waals surface area contributed by atoms with Gasteiger partial charge < -0.3 is 5.32 Å². The summed E-state index contributed by atoms with van der Waals surface area (Å²) in [7, 11) is 0. The summed E-state index contributed by atoms with van der Waals surface area (Å²) >= 11 is 0. The van der Waals surface area contributed by atoms with Gasteiger partial charge in [-0.1, -0.05) is 30.3 Å². The number of carbonyl (C=O) groups excluding carboxylic acids is 1. The minimum atomic E-state index is -0.479. The van der Waals surface area contributed by atoms with E-state index in [1.54, 1.807) is 0 Å². The Labute approximate surface area is 163 Å². The van der Waals surface area contributed by atoms with Gasteiger partial charge in [0.1, 0.15) is 11.3 Å². The fourth-order valence-corrected chi connectivity index (χ4v) is 3.67. The van der Waals surface area contributed by atoms with Crippen molar-refractivity contribution < 1.29 is 9.18 Å². The Morgan fingerprint density at radius 2 is 1.93 bits per heavy atom. The molecule has 1 N–H and O–H groups in total. The van der Waals surface area contributed by atoms with Crippen LogP contribution in [0.5, 0.6) is 0 Å². The second kappa shape index (κ2) is 7.64. The molecule has 1 atom stereocenters. The van der Waals surface area contributed by atoms with Crippen LogP contribution in [-0.4, -0.2) is 39.9 Å². The lowest BCUT2D eigenvalue weighted by atomic mass is 10.1. The maximum absolute atomic E-state index is 14.1. The molecule has 1 amide bonds. The summed E-state index contributed by atoms with van der Waals surface area (Å²) in [5.41, 5.74) is 3.82. The number of aryl methyl sites for hydroxylation is 2. The Hall–Kier alpha value is -2.86. The zero-order valence-electron chi connectivity index (χ0n) is 16.1. The Balaban J connectivity index is 1.49. The normalized spacial score (nSPS) is 17.2.